The number of methoxy groups -OCH3 is 1. The molecule has 1 heterocycles. The van der Waals surface area contributed by atoms with Crippen molar-refractivity contribution in [2.24, 2.45) is 5.92 Å². The van der Waals surface area contributed by atoms with Crippen molar-refractivity contribution in [2.45, 2.75) is 52.2 Å². The lowest BCUT2D eigenvalue weighted by atomic mass is 10.1. The number of aryl methyl sites for hydroxylation is 2. The second-order valence-corrected chi connectivity index (χ2v) is 9.52. The highest BCUT2D eigenvalue weighted by atomic mass is 16.5. The van der Waals surface area contributed by atoms with Crippen LogP contribution in [0.2, 0.25) is 0 Å². The zero-order valence-electron chi connectivity index (χ0n) is 20.5. The van der Waals surface area contributed by atoms with Gasteiger partial charge in [0, 0.05) is 31.4 Å². The zero-order valence-corrected chi connectivity index (χ0v) is 20.5. The molecule has 1 saturated heterocycles. The highest BCUT2D eigenvalue weighted by Crippen LogP contribution is 2.36. The number of amides is 1. The fourth-order valence-corrected chi connectivity index (χ4v) is 4.49. The average molecular weight is 466 g/mol. The predicted octanol–water partition coefficient (Wildman–Crippen LogP) is 4.07. The Hall–Kier alpha value is -3.06. The summed E-state index contributed by atoms with van der Waals surface area (Å²) in [4.78, 5) is 28.2. The van der Waals surface area contributed by atoms with Crippen LogP contribution in [0.4, 0.5) is 11.4 Å². The molecule has 1 aliphatic heterocycles. The summed E-state index contributed by atoms with van der Waals surface area (Å²) in [7, 11) is 1.35. The molecule has 2 fully saturated rings. The first kappa shape index (κ1) is 24.1. The number of ether oxygens (including phenoxy) is 2. The van der Waals surface area contributed by atoms with Gasteiger partial charge >= 0.3 is 5.97 Å². The Balaban J connectivity index is 1.57. The van der Waals surface area contributed by atoms with Gasteiger partial charge in [0.2, 0.25) is 0 Å². The van der Waals surface area contributed by atoms with E-state index in [0.717, 1.165) is 55.0 Å². The Morgan fingerprint density at radius 2 is 1.91 bits per heavy atom. The number of carbonyl (C=O) groups excluding carboxylic acids is 2. The quantitative estimate of drug-likeness (QED) is 0.572. The minimum atomic E-state index is -0.633. The number of esters is 1. The maximum Gasteiger partial charge on any atom is 0.340 e. The van der Waals surface area contributed by atoms with E-state index < -0.39 is 12.1 Å². The number of anilines is 2. The number of para-hydroxylation sites is 1. The molecule has 182 valence electrons. The monoisotopic (exact) mass is 465 g/mol. The lowest BCUT2D eigenvalue weighted by molar-refractivity contribution is -0.123. The molecular weight excluding hydrogens is 430 g/mol. The van der Waals surface area contributed by atoms with E-state index in [1.54, 1.807) is 6.07 Å². The van der Waals surface area contributed by atoms with E-state index in [4.69, 9.17) is 9.47 Å². The topological polar surface area (TPSA) is 79.9 Å². The summed E-state index contributed by atoms with van der Waals surface area (Å²) < 4.78 is 11.3. The number of benzene rings is 2. The van der Waals surface area contributed by atoms with E-state index in [9.17, 15) is 9.59 Å². The minimum absolute atomic E-state index is 0.247. The van der Waals surface area contributed by atoms with Crippen LogP contribution in [0.5, 0.6) is 5.75 Å². The van der Waals surface area contributed by atoms with E-state index >= 15 is 0 Å². The van der Waals surface area contributed by atoms with Crippen molar-refractivity contribution in [3.63, 3.8) is 0 Å². The molecule has 0 bridgehead atoms. The second-order valence-electron chi connectivity index (χ2n) is 9.52. The lowest BCUT2D eigenvalue weighted by Crippen LogP contribution is -2.49. The van der Waals surface area contributed by atoms with Gasteiger partial charge in [-0.1, -0.05) is 31.0 Å². The molecule has 34 heavy (non-hydrogen) atoms. The Morgan fingerprint density at radius 3 is 2.56 bits per heavy atom. The van der Waals surface area contributed by atoms with Crippen LogP contribution < -0.4 is 20.3 Å². The summed E-state index contributed by atoms with van der Waals surface area (Å²) in [5.41, 5.74) is 3.72. The molecular formula is C27H35N3O4. The van der Waals surface area contributed by atoms with Gasteiger partial charge in [-0.15, -0.1) is 0 Å². The van der Waals surface area contributed by atoms with E-state index in [-0.39, 0.29) is 5.91 Å². The summed E-state index contributed by atoms with van der Waals surface area (Å²) in [6.07, 6.45) is 2.26. The Kier molecular flexibility index (Phi) is 7.41. The Morgan fingerprint density at radius 1 is 1.18 bits per heavy atom. The number of hydrogen-bond donors (Lipinski definition) is 2. The van der Waals surface area contributed by atoms with Crippen molar-refractivity contribution in [3.05, 3.63) is 53.1 Å². The Labute approximate surface area is 201 Å². The van der Waals surface area contributed by atoms with Crippen LogP contribution in [-0.4, -0.2) is 50.8 Å². The van der Waals surface area contributed by atoms with Crippen LogP contribution in [0, 0.1) is 19.8 Å². The molecule has 2 atom stereocenters. The molecule has 7 heteroatoms. The van der Waals surface area contributed by atoms with Gasteiger partial charge in [-0.25, -0.2) is 4.79 Å². The third-order valence-corrected chi connectivity index (χ3v) is 6.61. The highest BCUT2D eigenvalue weighted by Gasteiger charge is 2.32. The maximum absolute atomic E-state index is 13.4. The Bertz CT molecular complexity index is 1030. The molecule has 1 saturated carbocycles. The van der Waals surface area contributed by atoms with Crippen molar-refractivity contribution in [1.29, 1.82) is 0 Å². The number of carbonyl (C=O) groups is 2. The molecule has 2 N–H and O–H groups in total. The van der Waals surface area contributed by atoms with E-state index in [1.165, 1.54) is 7.11 Å². The predicted molar refractivity (Wildman–Crippen MR) is 134 cm³/mol. The lowest BCUT2D eigenvalue weighted by Gasteiger charge is -2.34. The number of hydrogen-bond acceptors (Lipinski definition) is 6. The molecule has 0 unspecified atom stereocenters. The standard InChI is InChI=1S/C27H35N3O4/c1-17-6-5-7-18(2)25(17)34-24(14-20-8-9-20)26(31)29-23-11-10-21(15-22(23)27(32)33-4)30-13-12-28-19(3)16-30/h5-7,10-11,15,19-20,24,28H,8-9,12-14,16H2,1-4H3,(H,29,31)/t19-,24-/m0/s1. The van der Waals surface area contributed by atoms with Crippen LogP contribution in [0.1, 0.15) is 47.7 Å². The van der Waals surface area contributed by atoms with Crippen molar-refractivity contribution >= 4 is 23.3 Å². The first-order valence-corrected chi connectivity index (χ1v) is 12.1. The molecule has 7 nitrogen and oxygen atoms in total. The van der Waals surface area contributed by atoms with Gasteiger partial charge in [-0.05, 0) is 62.4 Å². The van der Waals surface area contributed by atoms with E-state index in [0.29, 0.717) is 29.6 Å². The highest BCUT2D eigenvalue weighted by molar-refractivity contribution is 6.03. The summed E-state index contributed by atoms with van der Waals surface area (Å²) in [5, 5.41) is 6.39. The van der Waals surface area contributed by atoms with Crippen molar-refractivity contribution in [3.8, 4) is 5.75 Å². The maximum atomic E-state index is 13.4. The fourth-order valence-electron chi connectivity index (χ4n) is 4.49. The van der Waals surface area contributed by atoms with Crippen LogP contribution in [0.15, 0.2) is 36.4 Å². The van der Waals surface area contributed by atoms with Gasteiger partial charge in [-0.2, -0.15) is 0 Å². The van der Waals surface area contributed by atoms with Crippen LogP contribution in [0.25, 0.3) is 0 Å². The van der Waals surface area contributed by atoms with Crippen molar-refractivity contribution in [2.75, 3.05) is 37.0 Å². The molecule has 0 radical (unpaired) electrons. The minimum Gasteiger partial charge on any atom is -0.480 e. The number of nitrogens with zero attached hydrogens (tertiary/aromatic N) is 1. The van der Waals surface area contributed by atoms with E-state index in [1.807, 2.05) is 44.2 Å². The summed E-state index contributed by atoms with van der Waals surface area (Å²) in [6.45, 7) is 8.69. The van der Waals surface area contributed by atoms with Gasteiger partial charge in [0.1, 0.15) is 5.75 Å². The smallest absolute Gasteiger partial charge is 0.340 e. The summed E-state index contributed by atoms with van der Waals surface area (Å²) >= 11 is 0. The number of piperazine rings is 1. The SMILES string of the molecule is COC(=O)c1cc(N2CCN[C@@H](C)C2)ccc1NC(=O)[C@H](CC1CC1)Oc1c(C)cccc1C. The summed E-state index contributed by atoms with van der Waals surface area (Å²) in [5.74, 6) is 0.523. The van der Waals surface area contributed by atoms with Gasteiger partial charge in [0.05, 0.1) is 18.4 Å². The number of nitrogens with one attached hydrogen (secondary N) is 2. The second kappa shape index (κ2) is 10.5. The third-order valence-electron chi connectivity index (χ3n) is 6.61. The molecule has 2 aromatic carbocycles. The van der Waals surface area contributed by atoms with Crippen LogP contribution in [-0.2, 0) is 9.53 Å². The first-order chi connectivity index (χ1) is 16.4. The molecule has 0 aromatic heterocycles. The van der Waals surface area contributed by atoms with Crippen molar-refractivity contribution in [1.82, 2.24) is 5.32 Å². The molecule has 4 rings (SSSR count). The molecule has 0 spiro atoms. The van der Waals surface area contributed by atoms with Crippen molar-refractivity contribution < 1.29 is 19.1 Å². The first-order valence-electron chi connectivity index (χ1n) is 12.1. The van der Waals surface area contributed by atoms with Crippen LogP contribution in [0.3, 0.4) is 0 Å². The molecule has 1 amide bonds. The van der Waals surface area contributed by atoms with Gasteiger partial charge in [0.25, 0.3) is 5.91 Å². The molecule has 2 aromatic rings. The van der Waals surface area contributed by atoms with Gasteiger partial charge in [-0.3, -0.25) is 4.79 Å². The largest absolute Gasteiger partial charge is 0.480 e. The van der Waals surface area contributed by atoms with Gasteiger partial charge < -0.3 is 25.0 Å². The average Bonchev–Trinajstić information content (AvgIpc) is 3.64. The number of rotatable bonds is 8. The summed E-state index contributed by atoms with van der Waals surface area (Å²) in [6, 6.07) is 11.9. The van der Waals surface area contributed by atoms with E-state index in [2.05, 4.69) is 22.5 Å². The molecule has 2 aliphatic rings. The fraction of sp³-hybridized carbons (Fsp3) is 0.481. The van der Waals surface area contributed by atoms with Gasteiger partial charge in [0.15, 0.2) is 6.10 Å². The van der Waals surface area contributed by atoms with Crippen LogP contribution >= 0.6 is 0 Å². The third kappa shape index (κ3) is 5.70. The zero-order chi connectivity index (χ0) is 24.2. The molecule has 1 aliphatic carbocycles. The normalized spacial score (nSPS) is 18.8.